The average Bonchev–Trinajstić information content (AvgIpc) is 2.40. The van der Waals surface area contributed by atoms with Gasteiger partial charge in [-0.1, -0.05) is 0 Å². The summed E-state index contributed by atoms with van der Waals surface area (Å²) in [5.41, 5.74) is -0.114. The van der Waals surface area contributed by atoms with Crippen LogP contribution in [0.25, 0.3) is 0 Å². The van der Waals surface area contributed by atoms with E-state index in [1.165, 1.54) is 4.90 Å². The first-order valence-electron chi connectivity index (χ1n) is 5.53. The number of rotatable bonds is 1. The normalized spacial score (nSPS) is 19.3. The Kier molecular flexibility index (Phi) is 3.44. The Hall–Kier alpha value is -2.13. The molecule has 6 heteroatoms. The number of nitriles is 1. The Morgan fingerprint density at radius 1 is 1.61 bits per heavy atom. The van der Waals surface area contributed by atoms with Gasteiger partial charge in [0.1, 0.15) is 17.6 Å². The predicted molar refractivity (Wildman–Crippen MR) is 61.4 cm³/mol. The second kappa shape index (κ2) is 5.02. The SMILES string of the molecule is N#CC1CNCCN1C(=O)c1cc(F)ccc1O. The molecule has 2 N–H and O–H groups in total. The summed E-state index contributed by atoms with van der Waals surface area (Å²) in [4.78, 5) is 13.5. The van der Waals surface area contributed by atoms with Gasteiger partial charge in [0.05, 0.1) is 11.6 Å². The number of benzene rings is 1. The van der Waals surface area contributed by atoms with Crippen molar-refractivity contribution >= 4 is 5.91 Å². The molecule has 18 heavy (non-hydrogen) atoms. The third-order valence-electron chi connectivity index (χ3n) is 2.84. The second-order valence-electron chi connectivity index (χ2n) is 4.01. The van der Waals surface area contributed by atoms with Crippen molar-refractivity contribution in [2.75, 3.05) is 19.6 Å². The maximum absolute atomic E-state index is 13.1. The molecule has 1 amide bonds. The van der Waals surface area contributed by atoms with E-state index in [1.807, 2.05) is 6.07 Å². The van der Waals surface area contributed by atoms with E-state index in [4.69, 9.17) is 5.26 Å². The number of amides is 1. The molecular formula is C12H12FN3O2. The fourth-order valence-electron chi connectivity index (χ4n) is 1.90. The van der Waals surface area contributed by atoms with Crippen LogP contribution in [0.4, 0.5) is 4.39 Å². The molecule has 0 bridgehead atoms. The zero-order valence-corrected chi connectivity index (χ0v) is 9.56. The lowest BCUT2D eigenvalue weighted by atomic mass is 10.1. The first kappa shape index (κ1) is 12.3. The highest BCUT2D eigenvalue weighted by Crippen LogP contribution is 2.21. The van der Waals surface area contributed by atoms with Gasteiger partial charge >= 0.3 is 0 Å². The van der Waals surface area contributed by atoms with Gasteiger partial charge in [-0.15, -0.1) is 0 Å². The Bertz CT molecular complexity index is 513. The number of carbonyl (C=O) groups excluding carboxylic acids is 1. The minimum absolute atomic E-state index is 0.114. The van der Waals surface area contributed by atoms with Crippen molar-refractivity contribution in [3.8, 4) is 11.8 Å². The molecular weight excluding hydrogens is 237 g/mol. The van der Waals surface area contributed by atoms with Crippen LogP contribution in [0.15, 0.2) is 18.2 Å². The van der Waals surface area contributed by atoms with Gasteiger partial charge in [-0.2, -0.15) is 5.26 Å². The largest absolute Gasteiger partial charge is 0.507 e. The Morgan fingerprint density at radius 2 is 2.39 bits per heavy atom. The van der Waals surface area contributed by atoms with Crippen molar-refractivity contribution in [2.45, 2.75) is 6.04 Å². The third-order valence-corrected chi connectivity index (χ3v) is 2.84. The molecule has 1 aliphatic heterocycles. The summed E-state index contributed by atoms with van der Waals surface area (Å²) >= 11 is 0. The molecule has 2 rings (SSSR count). The molecule has 0 spiro atoms. The summed E-state index contributed by atoms with van der Waals surface area (Å²) < 4.78 is 13.1. The summed E-state index contributed by atoms with van der Waals surface area (Å²) in [5, 5.41) is 21.5. The van der Waals surface area contributed by atoms with Gasteiger partial charge in [-0.25, -0.2) is 4.39 Å². The van der Waals surface area contributed by atoms with Gasteiger partial charge in [0.15, 0.2) is 0 Å². The standard InChI is InChI=1S/C12H12FN3O2/c13-8-1-2-11(17)10(5-8)12(18)16-4-3-15-7-9(16)6-14/h1-2,5,9,15,17H,3-4,7H2. The zero-order valence-electron chi connectivity index (χ0n) is 9.56. The van der Waals surface area contributed by atoms with Crippen molar-refractivity contribution in [2.24, 2.45) is 0 Å². The van der Waals surface area contributed by atoms with Crippen molar-refractivity contribution < 1.29 is 14.3 Å². The number of phenols is 1. The molecule has 1 fully saturated rings. The fraction of sp³-hybridized carbons (Fsp3) is 0.333. The lowest BCUT2D eigenvalue weighted by Gasteiger charge is -2.32. The molecule has 1 aliphatic rings. The van der Waals surface area contributed by atoms with Crippen LogP contribution < -0.4 is 5.32 Å². The molecule has 5 nitrogen and oxygen atoms in total. The van der Waals surface area contributed by atoms with Gasteiger partial charge in [0, 0.05) is 19.6 Å². The van der Waals surface area contributed by atoms with E-state index in [0.29, 0.717) is 19.6 Å². The predicted octanol–water partition coefficient (Wildman–Crippen LogP) is 0.469. The summed E-state index contributed by atoms with van der Waals surface area (Å²) in [6.45, 7) is 1.30. The van der Waals surface area contributed by atoms with E-state index in [1.54, 1.807) is 0 Å². The maximum Gasteiger partial charge on any atom is 0.258 e. The smallest absolute Gasteiger partial charge is 0.258 e. The fourth-order valence-corrected chi connectivity index (χ4v) is 1.90. The lowest BCUT2D eigenvalue weighted by Crippen LogP contribution is -2.53. The minimum atomic E-state index is -0.603. The van der Waals surface area contributed by atoms with Gasteiger partial charge in [0.2, 0.25) is 0 Å². The van der Waals surface area contributed by atoms with Crippen molar-refractivity contribution in [3.63, 3.8) is 0 Å². The summed E-state index contributed by atoms with van der Waals surface area (Å²) in [6.07, 6.45) is 0. The quantitative estimate of drug-likeness (QED) is 0.758. The highest BCUT2D eigenvalue weighted by atomic mass is 19.1. The van der Waals surface area contributed by atoms with Gasteiger partial charge < -0.3 is 15.3 Å². The summed E-state index contributed by atoms with van der Waals surface area (Å²) in [5.74, 6) is -1.41. The molecule has 1 saturated heterocycles. The number of hydrogen-bond acceptors (Lipinski definition) is 4. The number of piperazine rings is 1. The molecule has 0 radical (unpaired) electrons. The monoisotopic (exact) mass is 249 g/mol. The first-order chi connectivity index (χ1) is 8.63. The van der Waals surface area contributed by atoms with Crippen LogP contribution >= 0.6 is 0 Å². The van der Waals surface area contributed by atoms with Gasteiger partial charge in [-0.05, 0) is 18.2 Å². The third kappa shape index (κ3) is 2.26. The molecule has 0 aromatic heterocycles. The molecule has 94 valence electrons. The number of aromatic hydroxyl groups is 1. The molecule has 1 aromatic rings. The highest BCUT2D eigenvalue weighted by Gasteiger charge is 2.28. The van der Waals surface area contributed by atoms with E-state index >= 15 is 0 Å². The number of nitrogens with one attached hydrogen (secondary N) is 1. The van der Waals surface area contributed by atoms with E-state index in [-0.39, 0.29) is 11.3 Å². The van der Waals surface area contributed by atoms with Crippen molar-refractivity contribution in [3.05, 3.63) is 29.6 Å². The number of carbonyl (C=O) groups is 1. The van der Waals surface area contributed by atoms with E-state index in [0.717, 1.165) is 18.2 Å². The maximum atomic E-state index is 13.1. The van der Waals surface area contributed by atoms with E-state index in [2.05, 4.69) is 5.32 Å². The Labute approximate surface area is 103 Å². The van der Waals surface area contributed by atoms with Crippen LogP contribution in [0.1, 0.15) is 10.4 Å². The number of nitrogens with zero attached hydrogens (tertiary/aromatic N) is 2. The molecule has 1 unspecified atom stereocenters. The minimum Gasteiger partial charge on any atom is -0.507 e. The molecule has 0 aliphatic carbocycles. The van der Waals surface area contributed by atoms with Crippen molar-refractivity contribution in [1.82, 2.24) is 10.2 Å². The summed E-state index contributed by atoms with van der Waals surface area (Å²) in [7, 11) is 0. The molecule has 1 atom stereocenters. The Morgan fingerprint density at radius 3 is 3.11 bits per heavy atom. The molecule has 1 heterocycles. The van der Waals surface area contributed by atoms with E-state index < -0.39 is 17.8 Å². The van der Waals surface area contributed by atoms with Gasteiger partial charge in [-0.3, -0.25) is 4.79 Å². The van der Waals surface area contributed by atoms with Crippen LogP contribution in [0.5, 0.6) is 5.75 Å². The van der Waals surface area contributed by atoms with E-state index in [9.17, 15) is 14.3 Å². The number of phenolic OH excluding ortho intramolecular Hbond substituents is 1. The van der Waals surface area contributed by atoms with Crippen LogP contribution in [0, 0.1) is 17.1 Å². The number of hydrogen-bond donors (Lipinski definition) is 2. The topological polar surface area (TPSA) is 76.4 Å². The lowest BCUT2D eigenvalue weighted by molar-refractivity contribution is 0.0683. The van der Waals surface area contributed by atoms with Crippen molar-refractivity contribution in [1.29, 1.82) is 5.26 Å². The van der Waals surface area contributed by atoms with Gasteiger partial charge in [0.25, 0.3) is 5.91 Å². The molecule has 0 saturated carbocycles. The second-order valence-corrected chi connectivity index (χ2v) is 4.01. The average molecular weight is 249 g/mol. The number of halogens is 1. The molecule has 1 aromatic carbocycles. The summed E-state index contributed by atoms with van der Waals surface area (Å²) in [6, 6.07) is 4.59. The highest BCUT2D eigenvalue weighted by molar-refractivity contribution is 5.97. The van der Waals surface area contributed by atoms with Crippen LogP contribution in [-0.2, 0) is 0 Å². The zero-order chi connectivity index (χ0) is 13.1. The van der Waals surface area contributed by atoms with Crippen LogP contribution in [0.2, 0.25) is 0 Å². The van der Waals surface area contributed by atoms with Crippen LogP contribution in [0.3, 0.4) is 0 Å². The first-order valence-corrected chi connectivity index (χ1v) is 5.53. The Balaban J connectivity index is 2.30. The van der Waals surface area contributed by atoms with Crippen LogP contribution in [-0.4, -0.2) is 41.6 Å².